The third kappa shape index (κ3) is 10.6. The number of ether oxygens (including phenoxy) is 3. The van der Waals surface area contributed by atoms with E-state index in [1.54, 1.807) is 61.8 Å². The molecule has 3 fully saturated rings. The molecule has 294 valence electrons. The van der Waals surface area contributed by atoms with Gasteiger partial charge in [-0.15, -0.1) is 0 Å². The van der Waals surface area contributed by atoms with Gasteiger partial charge in [0.25, 0.3) is 11.8 Å². The second-order valence-corrected chi connectivity index (χ2v) is 14.5. The van der Waals surface area contributed by atoms with Gasteiger partial charge < -0.3 is 44.9 Å². The van der Waals surface area contributed by atoms with Crippen LogP contribution in [0.1, 0.15) is 76.7 Å². The third-order valence-electron chi connectivity index (χ3n) is 9.40. The third-order valence-corrected chi connectivity index (χ3v) is 9.40. The lowest BCUT2D eigenvalue weighted by Gasteiger charge is -2.36. The summed E-state index contributed by atoms with van der Waals surface area (Å²) in [6, 6.07) is 8.82. The number of aromatic nitrogens is 2. The zero-order valence-electron chi connectivity index (χ0n) is 31.5. The van der Waals surface area contributed by atoms with Crippen molar-refractivity contribution in [2.24, 2.45) is 0 Å². The first kappa shape index (κ1) is 39.8. The molecule has 6 amide bonds. The Bertz CT molecular complexity index is 1650. The van der Waals surface area contributed by atoms with Gasteiger partial charge in [0.1, 0.15) is 17.7 Å². The normalized spacial score (nSPS) is 17.9. The Hall–Kier alpha value is -5.35. The molecule has 2 saturated heterocycles. The largest absolute Gasteiger partial charge is 0.467 e. The minimum absolute atomic E-state index is 0.0134. The maximum Gasteiger partial charge on any atom is 0.409 e. The summed E-state index contributed by atoms with van der Waals surface area (Å²) in [5.41, 5.74) is -0.245. The van der Waals surface area contributed by atoms with Crippen LogP contribution in [0.3, 0.4) is 0 Å². The molecule has 0 bridgehead atoms. The predicted molar refractivity (Wildman–Crippen MR) is 195 cm³/mol. The van der Waals surface area contributed by atoms with E-state index in [0.717, 1.165) is 19.3 Å². The van der Waals surface area contributed by atoms with E-state index in [1.807, 2.05) is 6.07 Å². The van der Waals surface area contributed by atoms with Gasteiger partial charge in [-0.1, -0.05) is 18.2 Å². The molecule has 1 aromatic carbocycles. The van der Waals surface area contributed by atoms with Crippen molar-refractivity contribution >= 4 is 35.8 Å². The van der Waals surface area contributed by atoms with Crippen LogP contribution in [-0.4, -0.2) is 137 Å². The minimum Gasteiger partial charge on any atom is -0.467 e. The molecule has 5 rings (SSSR count). The summed E-state index contributed by atoms with van der Waals surface area (Å²) in [4.78, 5) is 83.1. The van der Waals surface area contributed by atoms with Gasteiger partial charge in [0.05, 0.1) is 12.3 Å². The molecular formula is C37H52N8O9. The molecule has 0 radical (unpaired) electrons. The lowest BCUT2D eigenvalue weighted by atomic mass is 9.93. The van der Waals surface area contributed by atoms with Gasteiger partial charge in [0, 0.05) is 51.4 Å². The van der Waals surface area contributed by atoms with E-state index >= 15 is 0 Å². The molecule has 17 heteroatoms. The molecule has 2 unspecified atom stereocenters. The highest BCUT2D eigenvalue weighted by molar-refractivity contribution is 5.96. The first-order chi connectivity index (χ1) is 25.8. The molecule has 2 aliphatic heterocycles. The number of carbonyl (C=O) groups is 6. The van der Waals surface area contributed by atoms with Crippen molar-refractivity contribution in [3.63, 3.8) is 0 Å². The average molecular weight is 753 g/mol. The van der Waals surface area contributed by atoms with Crippen LogP contribution in [0.25, 0.3) is 5.69 Å². The van der Waals surface area contributed by atoms with Crippen LogP contribution >= 0.6 is 0 Å². The van der Waals surface area contributed by atoms with Crippen LogP contribution in [0.4, 0.5) is 9.59 Å². The molecule has 0 spiro atoms. The van der Waals surface area contributed by atoms with Crippen molar-refractivity contribution in [1.29, 1.82) is 0 Å². The minimum atomic E-state index is -1.08. The SMILES string of the molecule is CCOC(=O)N1CCN(C(=O)C(CCNC(=O)OC(C)(C)C)NC(=O)c2cc(OCC(=O)N3CCCC3C(=O)NC3CCC3)n(-c3ccccc3)n2)CC1. The smallest absolute Gasteiger partial charge is 0.409 e. The second-order valence-electron chi connectivity index (χ2n) is 14.5. The number of piperazine rings is 1. The second kappa shape index (κ2) is 18.1. The quantitative estimate of drug-likeness (QED) is 0.273. The van der Waals surface area contributed by atoms with Crippen molar-refractivity contribution in [3.8, 4) is 11.6 Å². The number of hydrogen-bond acceptors (Lipinski definition) is 10. The summed E-state index contributed by atoms with van der Waals surface area (Å²) in [5, 5.41) is 12.9. The number of para-hydroxylation sites is 1. The predicted octanol–water partition coefficient (Wildman–Crippen LogP) is 2.22. The first-order valence-electron chi connectivity index (χ1n) is 18.7. The molecule has 3 heterocycles. The highest BCUT2D eigenvalue weighted by Gasteiger charge is 2.36. The molecule has 3 N–H and O–H groups in total. The Morgan fingerprint density at radius 1 is 0.926 bits per heavy atom. The molecule has 17 nitrogen and oxygen atoms in total. The lowest BCUT2D eigenvalue weighted by Crippen LogP contribution is -2.56. The van der Waals surface area contributed by atoms with Gasteiger partial charge in [-0.05, 0) is 78.4 Å². The van der Waals surface area contributed by atoms with Crippen molar-refractivity contribution in [2.75, 3.05) is 52.5 Å². The molecule has 2 atom stereocenters. The molecule has 3 aliphatic rings. The van der Waals surface area contributed by atoms with Crippen molar-refractivity contribution in [3.05, 3.63) is 42.1 Å². The fourth-order valence-corrected chi connectivity index (χ4v) is 6.41. The maximum absolute atomic E-state index is 13.8. The summed E-state index contributed by atoms with van der Waals surface area (Å²) >= 11 is 0. The fourth-order valence-electron chi connectivity index (χ4n) is 6.41. The van der Waals surface area contributed by atoms with Gasteiger partial charge >= 0.3 is 12.2 Å². The van der Waals surface area contributed by atoms with E-state index in [2.05, 4.69) is 21.0 Å². The molecule has 1 aliphatic carbocycles. The fraction of sp³-hybridized carbons (Fsp3) is 0.595. The zero-order valence-corrected chi connectivity index (χ0v) is 31.5. The number of benzene rings is 1. The number of nitrogens with one attached hydrogen (secondary N) is 3. The molecule has 1 aromatic heterocycles. The van der Waals surface area contributed by atoms with Gasteiger partial charge in [-0.3, -0.25) is 19.2 Å². The van der Waals surface area contributed by atoms with Crippen molar-refractivity contribution in [1.82, 2.24) is 40.4 Å². The number of carbonyl (C=O) groups excluding carboxylic acids is 6. The van der Waals surface area contributed by atoms with Gasteiger partial charge in [0.2, 0.25) is 17.7 Å². The number of nitrogens with zero attached hydrogens (tertiary/aromatic N) is 5. The molecule has 1 saturated carbocycles. The maximum atomic E-state index is 13.8. The van der Waals surface area contributed by atoms with E-state index in [4.69, 9.17) is 14.2 Å². The molecular weight excluding hydrogens is 700 g/mol. The number of amides is 6. The van der Waals surface area contributed by atoms with E-state index in [-0.39, 0.29) is 81.8 Å². The summed E-state index contributed by atoms with van der Waals surface area (Å²) < 4.78 is 17.8. The van der Waals surface area contributed by atoms with Gasteiger partial charge in [-0.25, -0.2) is 14.3 Å². The first-order valence-corrected chi connectivity index (χ1v) is 18.7. The summed E-state index contributed by atoms with van der Waals surface area (Å²) in [5.74, 6) is -1.49. The Balaban J connectivity index is 1.29. The summed E-state index contributed by atoms with van der Waals surface area (Å²) in [7, 11) is 0. The number of rotatable bonds is 13. The summed E-state index contributed by atoms with van der Waals surface area (Å²) in [6.45, 7) is 8.16. The average Bonchev–Trinajstić information content (AvgIpc) is 3.80. The van der Waals surface area contributed by atoms with E-state index in [0.29, 0.717) is 25.1 Å². The van der Waals surface area contributed by atoms with Gasteiger partial charge in [0.15, 0.2) is 12.3 Å². The van der Waals surface area contributed by atoms with E-state index < -0.39 is 41.7 Å². The van der Waals surface area contributed by atoms with Crippen LogP contribution in [0.15, 0.2) is 36.4 Å². The Labute approximate surface area is 315 Å². The highest BCUT2D eigenvalue weighted by Crippen LogP contribution is 2.24. The topological polar surface area (TPSA) is 194 Å². The van der Waals surface area contributed by atoms with E-state index in [9.17, 15) is 28.8 Å². The summed E-state index contributed by atoms with van der Waals surface area (Å²) in [6.07, 6.45) is 3.16. The molecule has 54 heavy (non-hydrogen) atoms. The van der Waals surface area contributed by atoms with Crippen LogP contribution in [-0.2, 0) is 23.9 Å². The zero-order chi connectivity index (χ0) is 38.8. The van der Waals surface area contributed by atoms with E-state index in [1.165, 1.54) is 15.6 Å². The Morgan fingerprint density at radius 3 is 2.28 bits per heavy atom. The van der Waals surface area contributed by atoms with Crippen LogP contribution < -0.4 is 20.7 Å². The number of hydrogen-bond donors (Lipinski definition) is 3. The van der Waals surface area contributed by atoms with Gasteiger partial charge in [-0.2, -0.15) is 5.10 Å². The van der Waals surface area contributed by atoms with Crippen LogP contribution in [0, 0.1) is 0 Å². The van der Waals surface area contributed by atoms with Crippen molar-refractivity contribution < 1.29 is 43.0 Å². The highest BCUT2D eigenvalue weighted by atomic mass is 16.6. The Morgan fingerprint density at radius 2 is 1.63 bits per heavy atom. The number of likely N-dealkylation sites (tertiary alicyclic amines) is 1. The van der Waals surface area contributed by atoms with Crippen LogP contribution in [0.2, 0.25) is 0 Å². The lowest BCUT2D eigenvalue weighted by molar-refractivity contribution is -0.140. The monoisotopic (exact) mass is 752 g/mol. The number of alkyl carbamates (subject to hydrolysis) is 1. The molecule has 2 aromatic rings. The Kier molecular flexibility index (Phi) is 13.4. The van der Waals surface area contributed by atoms with Crippen molar-refractivity contribution in [2.45, 2.75) is 89.9 Å². The van der Waals surface area contributed by atoms with Crippen LogP contribution in [0.5, 0.6) is 5.88 Å². The standard InChI is InChI=1S/C37H52N8O9/c1-5-52-36(51)43-21-19-42(20-22-43)34(49)27(16-17-38-35(50)54-37(2,3)4)40-32(47)28-23-31(45(41-28)26-13-7-6-8-14-26)53-24-30(46)44-18-10-15-29(44)33(48)39-25-11-9-12-25/h6-8,13-14,23,25,27,29H,5,9-12,15-22,24H2,1-4H3,(H,38,50)(H,39,48)(H,40,47).